The van der Waals surface area contributed by atoms with Crippen LogP contribution in [0.1, 0.15) is 46.7 Å². The monoisotopic (exact) mass is 300 g/mol. The molecular formula is C17H24N4O. The first-order valence-electron chi connectivity index (χ1n) is 7.67. The normalized spacial score (nSPS) is 12.2. The van der Waals surface area contributed by atoms with Gasteiger partial charge in [0, 0.05) is 24.8 Å². The standard InChI is InChI=1S/C17H24N4O/c1-4-10-21-13(3)16(12(2)20-21)17(22)19-11-15(18)14-8-6-5-7-9-14/h5-9,15H,4,10-11,18H2,1-3H3,(H,19,22). The SMILES string of the molecule is CCCn1nc(C)c(C(=O)NCC(N)c2ccccc2)c1C. The Kier molecular flexibility index (Phi) is 5.33. The van der Waals surface area contributed by atoms with Gasteiger partial charge in [-0.2, -0.15) is 5.10 Å². The van der Waals surface area contributed by atoms with Crippen LogP contribution >= 0.6 is 0 Å². The molecule has 1 atom stereocenters. The highest BCUT2D eigenvalue weighted by Crippen LogP contribution is 2.14. The van der Waals surface area contributed by atoms with Crippen molar-refractivity contribution in [3.63, 3.8) is 0 Å². The van der Waals surface area contributed by atoms with Crippen molar-refractivity contribution in [3.05, 3.63) is 52.8 Å². The van der Waals surface area contributed by atoms with Crippen molar-refractivity contribution in [2.24, 2.45) is 5.73 Å². The molecule has 0 aliphatic carbocycles. The predicted octanol–water partition coefficient (Wildman–Crippen LogP) is 2.34. The second-order valence-electron chi connectivity index (χ2n) is 5.50. The van der Waals surface area contributed by atoms with E-state index < -0.39 is 0 Å². The molecular weight excluding hydrogens is 276 g/mol. The number of carbonyl (C=O) groups is 1. The van der Waals surface area contributed by atoms with Crippen LogP contribution in [0.15, 0.2) is 30.3 Å². The molecule has 1 aromatic carbocycles. The Labute approximate surface area is 131 Å². The zero-order valence-electron chi connectivity index (χ0n) is 13.5. The Balaban J connectivity index is 2.04. The highest BCUT2D eigenvalue weighted by Gasteiger charge is 2.18. The number of aromatic nitrogens is 2. The third-order valence-electron chi connectivity index (χ3n) is 3.75. The summed E-state index contributed by atoms with van der Waals surface area (Å²) in [5.41, 5.74) is 9.46. The van der Waals surface area contributed by atoms with Crippen molar-refractivity contribution in [1.29, 1.82) is 0 Å². The molecule has 1 heterocycles. The number of benzene rings is 1. The lowest BCUT2D eigenvalue weighted by Gasteiger charge is -2.13. The Bertz CT molecular complexity index is 634. The minimum Gasteiger partial charge on any atom is -0.350 e. The molecule has 22 heavy (non-hydrogen) atoms. The summed E-state index contributed by atoms with van der Waals surface area (Å²) >= 11 is 0. The highest BCUT2D eigenvalue weighted by molar-refractivity contribution is 5.96. The van der Waals surface area contributed by atoms with E-state index in [1.54, 1.807) is 0 Å². The van der Waals surface area contributed by atoms with Crippen molar-refractivity contribution in [2.45, 2.75) is 39.8 Å². The smallest absolute Gasteiger partial charge is 0.255 e. The molecule has 118 valence electrons. The Hall–Kier alpha value is -2.14. The van der Waals surface area contributed by atoms with Gasteiger partial charge < -0.3 is 11.1 Å². The van der Waals surface area contributed by atoms with E-state index in [0.29, 0.717) is 12.1 Å². The van der Waals surface area contributed by atoms with Crippen molar-refractivity contribution in [3.8, 4) is 0 Å². The van der Waals surface area contributed by atoms with E-state index in [0.717, 1.165) is 29.9 Å². The van der Waals surface area contributed by atoms with Crippen LogP contribution in [0.2, 0.25) is 0 Å². The largest absolute Gasteiger partial charge is 0.350 e. The van der Waals surface area contributed by atoms with Gasteiger partial charge in [-0.3, -0.25) is 9.48 Å². The van der Waals surface area contributed by atoms with Crippen LogP contribution in [0, 0.1) is 13.8 Å². The van der Waals surface area contributed by atoms with Crippen LogP contribution < -0.4 is 11.1 Å². The van der Waals surface area contributed by atoms with Gasteiger partial charge in [0.05, 0.1) is 11.3 Å². The minimum absolute atomic E-state index is 0.108. The highest BCUT2D eigenvalue weighted by atomic mass is 16.1. The number of nitrogens with zero attached hydrogens (tertiary/aromatic N) is 2. The van der Waals surface area contributed by atoms with E-state index in [2.05, 4.69) is 17.3 Å². The maximum absolute atomic E-state index is 12.4. The molecule has 0 bridgehead atoms. The molecule has 0 spiro atoms. The zero-order chi connectivity index (χ0) is 16.1. The summed E-state index contributed by atoms with van der Waals surface area (Å²) in [5, 5.41) is 7.35. The minimum atomic E-state index is -0.212. The third kappa shape index (κ3) is 3.54. The molecule has 1 amide bonds. The number of hydrogen-bond acceptors (Lipinski definition) is 3. The molecule has 1 aromatic heterocycles. The summed E-state index contributed by atoms with van der Waals surface area (Å²) in [6, 6.07) is 9.56. The van der Waals surface area contributed by atoms with E-state index in [4.69, 9.17) is 5.73 Å². The first-order chi connectivity index (χ1) is 10.5. The van der Waals surface area contributed by atoms with Crippen LogP contribution in [0.5, 0.6) is 0 Å². The number of amides is 1. The summed E-state index contributed by atoms with van der Waals surface area (Å²) in [7, 11) is 0. The average molecular weight is 300 g/mol. The molecule has 0 aliphatic rings. The van der Waals surface area contributed by atoms with E-state index in [1.807, 2.05) is 48.9 Å². The first kappa shape index (κ1) is 16.2. The molecule has 0 aliphatic heterocycles. The molecule has 0 saturated carbocycles. The Morgan fingerprint density at radius 3 is 2.64 bits per heavy atom. The molecule has 3 N–H and O–H groups in total. The third-order valence-corrected chi connectivity index (χ3v) is 3.75. The average Bonchev–Trinajstić information content (AvgIpc) is 2.80. The molecule has 1 unspecified atom stereocenters. The molecule has 0 fully saturated rings. The Morgan fingerprint density at radius 2 is 2.00 bits per heavy atom. The molecule has 5 nitrogen and oxygen atoms in total. The van der Waals surface area contributed by atoms with Crippen LogP contribution in [-0.4, -0.2) is 22.2 Å². The van der Waals surface area contributed by atoms with Crippen molar-refractivity contribution in [1.82, 2.24) is 15.1 Å². The lowest BCUT2D eigenvalue weighted by Crippen LogP contribution is -2.32. The molecule has 5 heteroatoms. The van der Waals surface area contributed by atoms with Crippen LogP contribution in [0.3, 0.4) is 0 Å². The number of carbonyl (C=O) groups excluding carboxylic acids is 1. The maximum Gasteiger partial charge on any atom is 0.255 e. The fraction of sp³-hybridized carbons (Fsp3) is 0.412. The number of rotatable bonds is 6. The molecule has 2 aromatic rings. The van der Waals surface area contributed by atoms with E-state index in [1.165, 1.54) is 0 Å². The van der Waals surface area contributed by atoms with Gasteiger partial charge >= 0.3 is 0 Å². The van der Waals surface area contributed by atoms with Gasteiger partial charge in [-0.15, -0.1) is 0 Å². The lowest BCUT2D eigenvalue weighted by molar-refractivity contribution is 0.0950. The molecule has 0 radical (unpaired) electrons. The summed E-state index contributed by atoms with van der Waals surface area (Å²) in [6.07, 6.45) is 0.988. The predicted molar refractivity (Wildman–Crippen MR) is 87.7 cm³/mol. The second kappa shape index (κ2) is 7.22. The second-order valence-corrected chi connectivity index (χ2v) is 5.50. The quantitative estimate of drug-likeness (QED) is 0.860. The summed E-state index contributed by atoms with van der Waals surface area (Å²) < 4.78 is 1.89. The van der Waals surface area contributed by atoms with E-state index >= 15 is 0 Å². The van der Waals surface area contributed by atoms with Crippen molar-refractivity contribution in [2.75, 3.05) is 6.54 Å². The van der Waals surface area contributed by atoms with Gasteiger partial charge in [0.1, 0.15) is 0 Å². The van der Waals surface area contributed by atoms with Gasteiger partial charge in [-0.1, -0.05) is 37.3 Å². The molecule has 2 rings (SSSR count). The van der Waals surface area contributed by atoms with Gasteiger partial charge in [0.15, 0.2) is 0 Å². The zero-order valence-corrected chi connectivity index (χ0v) is 13.5. The first-order valence-corrected chi connectivity index (χ1v) is 7.67. The fourth-order valence-corrected chi connectivity index (χ4v) is 2.56. The summed E-state index contributed by atoms with van der Waals surface area (Å²) in [4.78, 5) is 12.4. The maximum atomic E-state index is 12.4. The van der Waals surface area contributed by atoms with Crippen LogP contribution in [-0.2, 0) is 6.54 Å². The van der Waals surface area contributed by atoms with Gasteiger partial charge in [0.2, 0.25) is 0 Å². The van der Waals surface area contributed by atoms with E-state index in [-0.39, 0.29) is 11.9 Å². The number of hydrogen-bond donors (Lipinski definition) is 2. The number of nitrogens with one attached hydrogen (secondary N) is 1. The van der Waals surface area contributed by atoms with Crippen LogP contribution in [0.4, 0.5) is 0 Å². The fourth-order valence-electron chi connectivity index (χ4n) is 2.56. The summed E-state index contributed by atoms with van der Waals surface area (Å²) in [6.45, 7) is 7.12. The van der Waals surface area contributed by atoms with Gasteiger partial charge in [-0.05, 0) is 25.8 Å². The van der Waals surface area contributed by atoms with Gasteiger partial charge in [-0.25, -0.2) is 0 Å². The summed E-state index contributed by atoms with van der Waals surface area (Å²) in [5.74, 6) is -0.108. The van der Waals surface area contributed by atoms with Crippen molar-refractivity contribution < 1.29 is 4.79 Å². The lowest BCUT2D eigenvalue weighted by atomic mass is 10.1. The van der Waals surface area contributed by atoms with Crippen LogP contribution in [0.25, 0.3) is 0 Å². The van der Waals surface area contributed by atoms with Crippen molar-refractivity contribution >= 4 is 5.91 Å². The van der Waals surface area contributed by atoms with E-state index in [9.17, 15) is 4.79 Å². The molecule has 0 saturated heterocycles. The number of nitrogens with two attached hydrogens (primary N) is 1. The van der Waals surface area contributed by atoms with Gasteiger partial charge in [0.25, 0.3) is 5.91 Å². The number of aryl methyl sites for hydroxylation is 2. The Morgan fingerprint density at radius 1 is 1.32 bits per heavy atom. The topological polar surface area (TPSA) is 72.9 Å².